The van der Waals surface area contributed by atoms with Crippen molar-refractivity contribution < 1.29 is 77.6 Å². The first kappa shape index (κ1) is 16.2. The zero-order valence-corrected chi connectivity index (χ0v) is 13.1. The maximum atomic E-state index is 10.6. The van der Waals surface area contributed by atoms with Crippen LogP contribution in [0, 0.1) is 0 Å². The summed E-state index contributed by atoms with van der Waals surface area (Å²) in [5, 5.41) is 9.89. The predicted octanol–water partition coefficient (Wildman–Crippen LogP) is -3.14. The summed E-state index contributed by atoms with van der Waals surface area (Å²) in [7, 11) is 0. The van der Waals surface area contributed by atoms with Crippen LogP contribution in [0.25, 0.3) is 0 Å². The fourth-order valence-electron chi connectivity index (χ4n) is 0.707. The maximum Gasteiger partial charge on any atom is 1.00 e. The number of aliphatic carboxylic acids is 1. The van der Waals surface area contributed by atoms with E-state index in [4.69, 9.17) is 0 Å². The predicted molar refractivity (Wildman–Crippen MR) is 40.1 cm³/mol. The van der Waals surface area contributed by atoms with Crippen LogP contribution in [-0.2, 0) is 14.3 Å². The minimum absolute atomic E-state index is 0. The molecule has 0 fully saturated rings. The van der Waals surface area contributed by atoms with Gasteiger partial charge in [-0.1, -0.05) is 19.8 Å². The third kappa shape index (κ3) is 12.7. The van der Waals surface area contributed by atoms with Crippen molar-refractivity contribution in [2.45, 2.75) is 32.6 Å². The molecule has 0 heterocycles. The molecule has 0 N–H and O–H groups in total. The summed E-state index contributed by atoms with van der Waals surface area (Å²) in [6.45, 7) is 2.34. The van der Waals surface area contributed by atoms with Crippen LogP contribution in [0.3, 0.4) is 0 Å². The maximum absolute atomic E-state index is 10.6. The Morgan fingerprint density at radius 3 is 2.38 bits per heavy atom. The van der Waals surface area contributed by atoms with Gasteiger partial charge in [0.1, 0.15) is 0 Å². The smallest absolute Gasteiger partial charge is 0.550 e. The molecule has 0 rings (SSSR count). The zero-order chi connectivity index (χ0) is 9.40. The van der Waals surface area contributed by atoms with Crippen molar-refractivity contribution >= 4 is 11.9 Å². The summed E-state index contributed by atoms with van der Waals surface area (Å²) in [5.41, 5.74) is 0. The van der Waals surface area contributed by atoms with Gasteiger partial charge >= 0.3 is 64.2 Å². The summed E-state index contributed by atoms with van der Waals surface area (Å²) < 4.78 is 4.60. The second-order valence-corrected chi connectivity index (χ2v) is 2.48. The summed E-state index contributed by atoms with van der Waals surface area (Å²) in [4.78, 5) is 20.5. The molecule has 0 aromatic carbocycles. The molecule has 13 heavy (non-hydrogen) atoms. The molecule has 0 bridgehead atoms. The number of carbonyl (C=O) groups excluding carboxylic acids is 2. The van der Waals surface area contributed by atoms with Gasteiger partial charge in [0, 0.05) is 0 Å². The summed E-state index contributed by atoms with van der Waals surface area (Å²) in [6, 6.07) is 0. The van der Waals surface area contributed by atoms with Gasteiger partial charge in [-0.05, 0) is 6.42 Å². The van der Waals surface area contributed by atoms with E-state index < -0.39 is 18.4 Å². The molecule has 0 saturated carbocycles. The number of carboxylic acid groups (broad SMARTS) is 1. The van der Waals surface area contributed by atoms with Crippen LogP contribution in [0.5, 0.6) is 0 Å². The van der Waals surface area contributed by atoms with Crippen LogP contribution >= 0.6 is 0 Å². The minimum atomic E-state index is -1.39. The zero-order valence-electron chi connectivity index (χ0n) is 8.17. The number of rotatable bonds is 6. The van der Waals surface area contributed by atoms with Gasteiger partial charge < -0.3 is 14.6 Å². The number of unbranched alkanes of at least 4 members (excludes halogenated alkanes) is 2. The van der Waals surface area contributed by atoms with E-state index in [9.17, 15) is 14.7 Å². The van der Waals surface area contributed by atoms with E-state index in [0.717, 1.165) is 19.3 Å². The Balaban J connectivity index is 0. The average molecular weight is 259 g/mol. The first-order valence-corrected chi connectivity index (χ1v) is 4.02. The van der Waals surface area contributed by atoms with Gasteiger partial charge in [0.05, 0.1) is 19.0 Å². The molecule has 0 unspecified atom stereocenters. The molecule has 5 heteroatoms. The Kier molecular flexibility index (Phi) is 13.5. The van der Waals surface area contributed by atoms with Gasteiger partial charge in [-0.25, -0.2) is 0 Å². The van der Waals surface area contributed by atoms with Crippen LogP contribution in [0.1, 0.15) is 32.6 Å². The summed E-state index contributed by atoms with van der Waals surface area (Å²) in [5.74, 6) is -2.11. The molecule has 0 radical (unpaired) electrons. The van der Waals surface area contributed by atoms with Crippen LogP contribution in [0.15, 0.2) is 0 Å². The molecule has 0 aromatic heterocycles. The number of ether oxygens (including phenoxy) is 1. The van der Waals surface area contributed by atoms with Crippen LogP contribution in [0.4, 0.5) is 0 Å². The van der Waals surface area contributed by atoms with Gasteiger partial charge in [-0.3, -0.25) is 4.79 Å². The molecule has 4 nitrogen and oxygen atoms in total. The molecular formula is C8H13O4Rb. The van der Waals surface area contributed by atoms with E-state index in [0.29, 0.717) is 6.61 Å². The van der Waals surface area contributed by atoms with Crippen LogP contribution < -0.4 is 63.3 Å². The standard InChI is InChI=1S/C8H14O4.Rb/c1-2-3-4-5-12-8(11)6-7(9)10;/h2-6H2,1H3,(H,9,10);/q;+1/p-1. The number of carboxylic acids is 1. The minimum Gasteiger partial charge on any atom is -0.550 e. The van der Waals surface area contributed by atoms with Crippen molar-refractivity contribution in [1.29, 1.82) is 0 Å². The van der Waals surface area contributed by atoms with E-state index in [1.165, 1.54) is 0 Å². The molecule has 0 atom stereocenters. The van der Waals surface area contributed by atoms with Crippen LogP contribution in [0.2, 0.25) is 0 Å². The molecular weight excluding hydrogens is 246 g/mol. The third-order valence-corrected chi connectivity index (χ3v) is 1.30. The second-order valence-electron chi connectivity index (χ2n) is 2.48. The van der Waals surface area contributed by atoms with Gasteiger partial charge in [-0.2, -0.15) is 0 Å². The molecule has 0 aliphatic rings. The quantitative estimate of drug-likeness (QED) is 0.287. The Labute approximate surface area is 127 Å². The number of esters is 1. The van der Waals surface area contributed by atoms with E-state index in [-0.39, 0.29) is 58.2 Å². The van der Waals surface area contributed by atoms with E-state index >= 15 is 0 Å². The second kappa shape index (κ2) is 10.8. The topological polar surface area (TPSA) is 66.4 Å². The molecule has 0 aliphatic heterocycles. The molecule has 0 spiro atoms. The van der Waals surface area contributed by atoms with Crippen molar-refractivity contribution in [2.24, 2.45) is 0 Å². The Bertz CT molecular complexity index is 158. The van der Waals surface area contributed by atoms with E-state index in [1.807, 2.05) is 6.92 Å². The molecule has 70 valence electrons. The van der Waals surface area contributed by atoms with E-state index in [2.05, 4.69) is 4.74 Å². The Morgan fingerprint density at radius 2 is 1.92 bits per heavy atom. The molecule has 0 aliphatic carbocycles. The Hall–Kier alpha value is 0.745. The largest absolute Gasteiger partial charge is 1.00 e. The summed E-state index contributed by atoms with van der Waals surface area (Å²) in [6.07, 6.45) is 2.16. The monoisotopic (exact) mass is 258 g/mol. The van der Waals surface area contributed by atoms with Crippen molar-refractivity contribution in [2.75, 3.05) is 6.61 Å². The average Bonchev–Trinajstić information content (AvgIpc) is 1.97. The molecule has 0 saturated heterocycles. The van der Waals surface area contributed by atoms with Crippen molar-refractivity contribution in [3.05, 3.63) is 0 Å². The van der Waals surface area contributed by atoms with Gasteiger partial charge in [0.25, 0.3) is 0 Å². The van der Waals surface area contributed by atoms with Gasteiger partial charge in [-0.15, -0.1) is 0 Å². The fourth-order valence-corrected chi connectivity index (χ4v) is 0.707. The van der Waals surface area contributed by atoms with Crippen molar-refractivity contribution in [3.63, 3.8) is 0 Å². The van der Waals surface area contributed by atoms with Crippen molar-refractivity contribution in [1.82, 2.24) is 0 Å². The molecule has 0 aromatic rings. The summed E-state index contributed by atoms with van der Waals surface area (Å²) >= 11 is 0. The first-order valence-electron chi connectivity index (χ1n) is 4.02. The normalized spacial score (nSPS) is 8.69. The van der Waals surface area contributed by atoms with Gasteiger partial charge in [0.15, 0.2) is 0 Å². The van der Waals surface area contributed by atoms with E-state index in [1.54, 1.807) is 0 Å². The SMILES string of the molecule is CCCCCOC(=O)CC(=O)[O-].[Rb+]. The van der Waals surface area contributed by atoms with Crippen LogP contribution in [-0.4, -0.2) is 18.5 Å². The fraction of sp³-hybridized carbons (Fsp3) is 0.750. The number of hydrogen-bond acceptors (Lipinski definition) is 4. The number of hydrogen-bond donors (Lipinski definition) is 0. The van der Waals surface area contributed by atoms with Crippen molar-refractivity contribution in [3.8, 4) is 0 Å². The third-order valence-electron chi connectivity index (χ3n) is 1.30. The van der Waals surface area contributed by atoms with Gasteiger partial charge in [0.2, 0.25) is 0 Å². The number of carbonyl (C=O) groups is 2. The Morgan fingerprint density at radius 1 is 1.31 bits per heavy atom. The molecule has 0 amide bonds. The first-order chi connectivity index (χ1) is 5.66.